The van der Waals surface area contributed by atoms with Crippen LogP contribution in [-0.2, 0) is 4.74 Å². The lowest BCUT2D eigenvalue weighted by molar-refractivity contribution is 0.00477. The number of halogens is 1. The number of rotatable bonds is 9. The van der Waals surface area contributed by atoms with Crippen LogP contribution in [0.25, 0.3) is 10.9 Å². The van der Waals surface area contributed by atoms with Crippen molar-refractivity contribution in [3.8, 4) is 0 Å². The second-order valence-electron chi connectivity index (χ2n) is 7.90. The summed E-state index contributed by atoms with van der Waals surface area (Å²) in [5, 5.41) is 3.74. The van der Waals surface area contributed by atoms with E-state index in [1.807, 2.05) is 6.92 Å². The van der Waals surface area contributed by atoms with Crippen LogP contribution < -0.4 is 5.32 Å². The highest BCUT2D eigenvalue weighted by atomic mass is 19.1. The van der Waals surface area contributed by atoms with Gasteiger partial charge in [0.2, 0.25) is 0 Å². The lowest BCUT2D eigenvalue weighted by atomic mass is 9.91. The third-order valence-corrected chi connectivity index (χ3v) is 4.75. The number of carbonyl (C=O) groups excluding carboxylic acids is 1. The molecular formula is C22H31FN2O2. The Morgan fingerprint density at radius 3 is 2.63 bits per heavy atom. The van der Waals surface area contributed by atoms with Gasteiger partial charge in [0.05, 0.1) is 23.8 Å². The standard InChI is InChI=1S/C22H31FN2O2/c1-6-18(7-2)27-14-22(5,12-15(3)4)25-21(26)17-11-16-9-8-10-19(23)20(16)24-13-17/h8-11,13,15,18H,6-7,12,14H2,1-5H3,(H,25,26). The van der Waals surface area contributed by atoms with Crippen LogP contribution in [0, 0.1) is 11.7 Å². The molecule has 5 heteroatoms. The molecule has 0 aliphatic rings. The van der Waals surface area contributed by atoms with E-state index in [4.69, 9.17) is 4.74 Å². The first-order chi connectivity index (χ1) is 12.8. The van der Waals surface area contributed by atoms with Gasteiger partial charge in [0.1, 0.15) is 11.3 Å². The molecule has 1 unspecified atom stereocenters. The second kappa shape index (κ2) is 9.27. The number of fused-ring (bicyclic) bond motifs is 1. The maximum atomic E-state index is 13.8. The van der Waals surface area contributed by atoms with E-state index in [-0.39, 0.29) is 23.3 Å². The van der Waals surface area contributed by atoms with Crippen LogP contribution in [0.2, 0.25) is 0 Å². The number of amides is 1. The van der Waals surface area contributed by atoms with E-state index >= 15 is 0 Å². The largest absolute Gasteiger partial charge is 0.376 e. The fourth-order valence-corrected chi connectivity index (χ4v) is 3.47. The first kappa shape index (κ1) is 21.3. The summed E-state index contributed by atoms with van der Waals surface area (Å²) in [6.07, 6.45) is 4.32. The van der Waals surface area contributed by atoms with Crippen molar-refractivity contribution < 1.29 is 13.9 Å². The van der Waals surface area contributed by atoms with Crippen LogP contribution in [0.5, 0.6) is 0 Å². The zero-order valence-electron chi connectivity index (χ0n) is 17.0. The van der Waals surface area contributed by atoms with Crippen molar-refractivity contribution in [1.29, 1.82) is 0 Å². The van der Waals surface area contributed by atoms with Crippen LogP contribution in [0.3, 0.4) is 0 Å². The first-order valence-electron chi connectivity index (χ1n) is 9.76. The first-order valence-corrected chi connectivity index (χ1v) is 9.76. The molecule has 1 heterocycles. The van der Waals surface area contributed by atoms with Crippen molar-refractivity contribution in [2.45, 2.75) is 65.5 Å². The Hall–Kier alpha value is -2.01. The van der Waals surface area contributed by atoms with Gasteiger partial charge in [-0.1, -0.05) is 39.8 Å². The highest BCUT2D eigenvalue weighted by Gasteiger charge is 2.29. The molecule has 0 saturated carbocycles. The number of carbonyl (C=O) groups is 1. The zero-order valence-corrected chi connectivity index (χ0v) is 17.0. The van der Waals surface area contributed by atoms with Crippen molar-refractivity contribution in [1.82, 2.24) is 10.3 Å². The van der Waals surface area contributed by atoms with E-state index in [0.717, 1.165) is 19.3 Å². The Labute approximate surface area is 161 Å². The number of pyridine rings is 1. The number of hydrogen-bond acceptors (Lipinski definition) is 3. The Bertz CT molecular complexity index is 774. The van der Waals surface area contributed by atoms with Gasteiger partial charge >= 0.3 is 0 Å². The van der Waals surface area contributed by atoms with Gasteiger partial charge in [0.25, 0.3) is 5.91 Å². The van der Waals surface area contributed by atoms with Crippen molar-refractivity contribution >= 4 is 16.8 Å². The number of benzene rings is 1. The number of nitrogens with one attached hydrogen (secondary N) is 1. The smallest absolute Gasteiger partial charge is 0.253 e. The van der Waals surface area contributed by atoms with Crippen molar-refractivity contribution in [2.24, 2.45) is 5.92 Å². The predicted molar refractivity (Wildman–Crippen MR) is 107 cm³/mol. The van der Waals surface area contributed by atoms with E-state index in [1.54, 1.807) is 18.2 Å². The van der Waals surface area contributed by atoms with Gasteiger partial charge in [0.15, 0.2) is 0 Å². The summed E-state index contributed by atoms with van der Waals surface area (Å²) in [5.41, 5.74) is 0.215. The summed E-state index contributed by atoms with van der Waals surface area (Å²) in [4.78, 5) is 17.0. The molecule has 0 fully saturated rings. The van der Waals surface area contributed by atoms with Crippen LogP contribution in [-0.4, -0.2) is 29.1 Å². The van der Waals surface area contributed by atoms with Gasteiger partial charge in [-0.25, -0.2) is 4.39 Å². The molecule has 2 rings (SSSR count). The molecule has 0 aliphatic heterocycles. The average molecular weight is 375 g/mol. The quantitative estimate of drug-likeness (QED) is 0.663. The molecular weight excluding hydrogens is 343 g/mol. The number of nitrogens with zero attached hydrogens (tertiary/aromatic N) is 1. The molecule has 0 saturated heterocycles. The normalized spacial score (nSPS) is 13.9. The average Bonchev–Trinajstić information content (AvgIpc) is 2.61. The molecule has 2 aromatic rings. The summed E-state index contributed by atoms with van der Waals surface area (Å²) in [6, 6.07) is 6.42. The number of aromatic nitrogens is 1. The van der Waals surface area contributed by atoms with E-state index < -0.39 is 5.54 Å². The molecule has 4 nitrogen and oxygen atoms in total. The third-order valence-electron chi connectivity index (χ3n) is 4.75. The number of hydrogen-bond donors (Lipinski definition) is 1. The summed E-state index contributed by atoms with van der Waals surface area (Å²) in [5.74, 6) is -0.197. The summed E-state index contributed by atoms with van der Waals surface area (Å²) in [7, 11) is 0. The highest BCUT2D eigenvalue weighted by molar-refractivity contribution is 5.97. The SMILES string of the molecule is CCC(CC)OCC(C)(CC(C)C)NC(=O)c1cnc2c(F)cccc2c1. The monoisotopic (exact) mass is 374 g/mol. The Kier molecular flexibility index (Phi) is 7.31. The highest BCUT2D eigenvalue weighted by Crippen LogP contribution is 2.21. The van der Waals surface area contributed by atoms with Crippen molar-refractivity contribution in [3.63, 3.8) is 0 Å². The van der Waals surface area contributed by atoms with Crippen LogP contribution in [0.1, 0.15) is 64.2 Å². The van der Waals surface area contributed by atoms with E-state index in [9.17, 15) is 9.18 Å². The van der Waals surface area contributed by atoms with Crippen LogP contribution in [0.4, 0.5) is 4.39 Å². The molecule has 1 aromatic carbocycles. The lowest BCUT2D eigenvalue weighted by Crippen LogP contribution is -2.51. The molecule has 1 aromatic heterocycles. The molecule has 148 valence electrons. The van der Waals surface area contributed by atoms with Gasteiger partial charge < -0.3 is 10.1 Å². The van der Waals surface area contributed by atoms with Crippen molar-refractivity contribution in [2.75, 3.05) is 6.61 Å². The second-order valence-corrected chi connectivity index (χ2v) is 7.90. The third kappa shape index (κ3) is 5.73. The van der Waals surface area contributed by atoms with Gasteiger partial charge in [-0.2, -0.15) is 0 Å². The molecule has 0 aliphatic carbocycles. The Morgan fingerprint density at radius 2 is 2.00 bits per heavy atom. The molecule has 0 bridgehead atoms. The summed E-state index contributed by atoms with van der Waals surface area (Å²) < 4.78 is 19.8. The topological polar surface area (TPSA) is 51.2 Å². The lowest BCUT2D eigenvalue weighted by Gasteiger charge is -2.34. The predicted octanol–water partition coefficient (Wildman–Crippen LogP) is 5.11. The molecule has 1 N–H and O–H groups in total. The zero-order chi connectivity index (χ0) is 20.0. The van der Waals surface area contributed by atoms with Gasteiger partial charge in [-0.3, -0.25) is 9.78 Å². The minimum Gasteiger partial charge on any atom is -0.376 e. The molecule has 1 atom stereocenters. The summed E-state index contributed by atoms with van der Waals surface area (Å²) in [6.45, 7) is 10.9. The van der Waals surface area contributed by atoms with Crippen molar-refractivity contribution in [3.05, 3.63) is 41.8 Å². The maximum Gasteiger partial charge on any atom is 0.253 e. The fraction of sp³-hybridized carbons (Fsp3) is 0.545. The van der Waals surface area contributed by atoms with Crippen LogP contribution >= 0.6 is 0 Å². The van der Waals surface area contributed by atoms with E-state index in [1.165, 1.54) is 12.3 Å². The molecule has 27 heavy (non-hydrogen) atoms. The number of ether oxygens (including phenoxy) is 1. The van der Waals surface area contributed by atoms with Gasteiger partial charge in [-0.05, 0) is 44.2 Å². The summed E-state index contributed by atoms with van der Waals surface area (Å²) >= 11 is 0. The maximum absolute atomic E-state index is 13.8. The molecule has 0 spiro atoms. The molecule has 0 radical (unpaired) electrons. The minimum absolute atomic E-state index is 0.193. The van der Waals surface area contributed by atoms with Gasteiger partial charge in [-0.15, -0.1) is 0 Å². The Balaban J connectivity index is 2.19. The minimum atomic E-state index is -0.481. The van der Waals surface area contributed by atoms with Gasteiger partial charge in [0, 0.05) is 11.6 Å². The van der Waals surface area contributed by atoms with E-state index in [0.29, 0.717) is 23.5 Å². The number of para-hydroxylation sites is 1. The van der Waals surface area contributed by atoms with Crippen LogP contribution in [0.15, 0.2) is 30.5 Å². The fourth-order valence-electron chi connectivity index (χ4n) is 3.47. The van der Waals surface area contributed by atoms with E-state index in [2.05, 4.69) is 38.0 Å². The molecule has 1 amide bonds. The Morgan fingerprint density at radius 1 is 1.30 bits per heavy atom.